The van der Waals surface area contributed by atoms with Crippen molar-refractivity contribution < 1.29 is 32.2 Å². The van der Waals surface area contributed by atoms with Crippen molar-refractivity contribution in [3.63, 3.8) is 0 Å². The summed E-state index contributed by atoms with van der Waals surface area (Å²) in [5, 5.41) is 0. The third-order valence-electron chi connectivity index (χ3n) is 4.46. The van der Waals surface area contributed by atoms with Crippen molar-refractivity contribution >= 4 is 22.1 Å². The maximum atomic E-state index is 13.3. The van der Waals surface area contributed by atoms with Crippen molar-refractivity contribution in [1.82, 2.24) is 9.21 Å². The van der Waals surface area contributed by atoms with Crippen molar-refractivity contribution in [2.45, 2.75) is 51.2 Å². The van der Waals surface area contributed by atoms with Crippen molar-refractivity contribution in [2.75, 3.05) is 32.8 Å². The molecule has 32 heavy (non-hydrogen) atoms. The van der Waals surface area contributed by atoms with Gasteiger partial charge in [-0.3, -0.25) is 4.79 Å². The minimum Gasteiger partial charge on any atom is -0.481 e. The second-order valence-electron chi connectivity index (χ2n) is 8.00. The van der Waals surface area contributed by atoms with Crippen LogP contribution in [0.4, 0.5) is 4.79 Å². The number of benzene rings is 1. The Bertz CT molecular complexity index is 972. The Hall–Kier alpha value is -2.77. The first-order valence-electron chi connectivity index (χ1n) is 10.3. The lowest BCUT2D eigenvalue weighted by Gasteiger charge is -2.39. The zero-order valence-electron chi connectivity index (χ0n) is 19.1. The number of amides is 1. The van der Waals surface area contributed by atoms with E-state index in [4.69, 9.17) is 14.2 Å². The minimum absolute atomic E-state index is 0.00597. The van der Waals surface area contributed by atoms with Gasteiger partial charge in [0.2, 0.25) is 10.0 Å². The van der Waals surface area contributed by atoms with Crippen molar-refractivity contribution in [1.29, 1.82) is 0 Å². The maximum Gasteiger partial charge on any atom is 0.410 e. The van der Waals surface area contributed by atoms with Crippen LogP contribution < -0.4 is 4.74 Å². The summed E-state index contributed by atoms with van der Waals surface area (Å²) in [5.41, 5.74) is -0.716. The highest BCUT2D eigenvalue weighted by Gasteiger charge is 2.43. The molecule has 0 saturated carbocycles. The standard InChI is InChI=1S/C22H30N2O7S/c1-6-8-15-30-17-9-11-18(12-10-17)32(27,28)24-14-13-23(21(26)31-22(3,4)5)16-19(24)20(25)29-7-2/h9-12,19H,7,13-16H2,1-5H3. The van der Waals surface area contributed by atoms with E-state index in [0.717, 1.165) is 4.31 Å². The summed E-state index contributed by atoms with van der Waals surface area (Å²) in [6, 6.07) is 4.69. The Morgan fingerprint density at radius 1 is 1.16 bits per heavy atom. The Morgan fingerprint density at radius 3 is 2.38 bits per heavy atom. The van der Waals surface area contributed by atoms with E-state index in [1.165, 1.54) is 29.2 Å². The molecule has 1 fully saturated rings. The number of hydrogen-bond acceptors (Lipinski definition) is 7. The first kappa shape index (κ1) is 25.5. The third kappa shape index (κ3) is 6.61. The quantitative estimate of drug-likeness (QED) is 0.468. The van der Waals surface area contributed by atoms with Crippen LogP contribution in [0.1, 0.15) is 34.6 Å². The van der Waals surface area contributed by atoms with Crippen LogP contribution in [0.25, 0.3) is 0 Å². The van der Waals surface area contributed by atoms with Crippen LogP contribution in [0, 0.1) is 11.8 Å². The van der Waals surface area contributed by atoms with Crippen LogP contribution in [0.3, 0.4) is 0 Å². The average Bonchev–Trinajstić information content (AvgIpc) is 2.73. The van der Waals surface area contributed by atoms with E-state index in [2.05, 4.69) is 11.8 Å². The molecule has 2 rings (SSSR count). The van der Waals surface area contributed by atoms with Crippen molar-refractivity contribution in [3.05, 3.63) is 24.3 Å². The van der Waals surface area contributed by atoms with Gasteiger partial charge in [0, 0.05) is 13.1 Å². The molecule has 1 aromatic carbocycles. The Labute approximate surface area is 189 Å². The number of piperazine rings is 1. The lowest BCUT2D eigenvalue weighted by Crippen LogP contribution is -2.60. The van der Waals surface area contributed by atoms with Crippen LogP contribution in [0.2, 0.25) is 0 Å². The highest BCUT2D eigenvalue weighted by Crippen LogP contribution is 2.25. The van der Waals surface area contributed by atoms with Gasteiger partial charge in [0.25, 0.3) is 0 Å². The Kier molecular flexibility index (Phi) is 8.52. The van der Waals surface area contributed by atoms with Gasteiger partial charge in [-0.2, -0.15) is 4.31 Å². The summed E-state index contributed by atoms with van der Waals surface area (Å²) in [5.74, 6) is 5.22. The van der Waals surface area contributed by atoms with Crippen LogP contribution in [-0.4, -0.2) is 74.2 Å². The summed E-state index contributed by atoms with van der Waals surface area (Å²) in [6.45, 7) is 8.65. The number of sulfonamides is 1. The molecular formula is C22H30N2O7S. The molecule has 10 heteroatoms. The molecule has 9 nitrogen and oxygen atoms in total. The molecule has 1 aromatic rings. The SMILES string of the molecule is CC#CCOc1ccc(S(=O)(=O)N2CCN(C(=O)OC(C)(C)C)CC2C(=O)OCC)cc1. The highest BCUT2D eigenvalue weighted by molar-refractivity contribution is 7.89. The van der Waals surface area contributed by atoms with Gasteiger partial charge in [0.1, 0.15) is 24.0 Å². The molecule has 1 saturated heterocycles. The van der Waals surface area contributed by atoms with Crippen LogP contribution in [0.5, 0.6) is 5.75 Å². The van der Waals surface area contributed by atoms with E-state index in [9.17, 15) is 18.0 Å². The smallest absolute Gasteiger partial charge is 0.410 e. The van der Waals surface area contributed by atoms with Crippen LogP contribution >= 0.6 is 0 Å². The van der Waals surface area contributed by atoms with E-state index >= 15 is 0 Å². The van der Waals surface area contributed by atoms with E-state index in [1.807, 2.05) is 0 Å². The summed E-state index contributed by atoms with van der Waals surface area (Å²) in [4.78, 5) is 26.4. The number of esters is 1. The molecule has 1 unspecified atom stereocenters. The van der Waals surface area contributed by atoms with E-state index in [-0.39, 0.29) is 37.7 Å². The second kappa shape index (κ2) is 10.7. The molecule has 1 aliphatic rings. The fourth-order valence-corrected chi connectivity index (χ4v) is 4.57. The summed E-state index contributed by atoms with van der Waals surface area (Å²) in [6.07, 6.45) is -0.611. The maximum absolute atomic E-state index is 13.3. The molecule has 0 N–H and O–H groups in total. The van der Waals surface area contributed by atoms with Gasteiger partial charge in [-0.1, -0.05) is 5.92 Å². The molecule has 0 spiro atoms. The number of carbonyl (C=O) groups excluding carboxylic acids is 2. The summed E-state index contributed by atoms with van der Waals surface area (Å²) >= 11 is 0. The molecule has 0 radical (unpaired) electrons. The summed E-state index contributed by atoms with van der Waals surface area (Å²) in [7, 11) is -4.03. The van der Waals surface area contributed by atoms with E-state index in [1.54, 1.807) is 34.6 Å². The van der Waals surface area contributed by atoms with E-state index < -0.39 is 33.7 Å². The molecule has 0 aliphatic carbocycles. The fourth-order valence-electron chi connectivity index (χ4n) is 3.01. The lowest BCUT2D eigenvalue weighted by atomic mass is 10.2. The van der Waals surface area contributed by atoms with Gasteiger partial charge in [-0.05, 0) is 58.9 Å². The topological polar surface area (TPSA) is 102 Å². The molecule has 1 amide bonds. The van der Waals surface area contributed by atoms with Crippen LogP contribution in [-0.2, 0) is 24.3 Å². The summed E-state index contributed by atoms with van der Waals surface area (Å²) < 4.78 is 43.6. The Morgan fingerprint density at radius 2 is 1.81 bits per heavy atom. The van der Waals surface area contributed by atoms with Gasteiger partial charge < -0.3 is 19.1 Å². The van der Waals surface area contributed by atoms with Gasteiger partial charge in [-0.25, -0.2) is 13.2 Å². The fraction of sp³-hybridized carbons (Fsp3) is 0.545. The second-order valence-corrected chi connectivity index (χ2v) is 9.89. The molecule has 1 atom stereocenters. The van der Waals surface area contributed by atoms with Crippen molar-refractivity contribution in [2.24, 2.45) is 0 Å². The van der Waals surface area contributed by atoms with Crippen LogP contribution in [0.15, 0.2) is 29.2 Å². The number of rotatable bonds is 6. The molecule has 1 heterocycles. The number of hydrogen-bond donors (Lipinski definition) is 0. The Balaban J connectivity index is 2.25. The zero-order chi connectivity index (χ0) is 23.9. The number of nitrogens with zero attached hydrogens (tertiary/aromatic N) is 2. The van der Waals surface area contributed by atoms with Gasteiger partial charge in [0.15, 0.2) is 0 Å². The lowest BCUT2D eigenvalue weighted by molar-refractivity contribution is -0.149. The van der Waals surface area contributed by atoms with Gasteiger partial charge >= 0.3 is 12.1 Å². The minimum atomic E-state index is -4.03. The van der Waals surface area contributed by atoms with Gasteiger partial charge in [-0.15, -0.1) is 5.92 Å². The van der Waals surface area contributed by atoms with Gasteiger partial charge in [0.05, 0.1) is 18.0 Å². The molecule has 0 aromatic heterocycles. The monoisotopic (exact) mass is 466 g/mol. The molecule has 0 bridgehead atoms. The largest absolute Gasteiger partial charge is 0.481 e. The number of ether oxygens (including phenoxy) is 3. The first-order valence-corrected chi connectivity index (χ1v) is 11.7. The zero-order valence-corrected chi connectivity index (χ0v) is 19.9. The predicted molar refractivity (Wildman–Crippen MR) is 118 cm³/mol. The first-order chi connectivity index (χ1) is 15.0. The van der Waals surface area contributed by atoms with E-state index in [0.29, 0.717) is 5.75 Å². The normalized spacial score (nSPS) is 17.2. The average molecular weight is 467 g/mol. The number of carbonyl (C=O) groups is 2. The molecular weight excluding hydrogens is 436 g/mol. The predicted octanol–water partition coefficient (Wildman–Crippen LogP) is 2.26. The van der Waals surface area contributed by atoms with Crippen molar-refractivity contribution in [3.8, 4) is 17.6 Å². The molecule has 1 aliphatic heterocycles. The molecule has 176 valence electrons. The highest BCUT2D eigenvalue weighted by atomic mass is 32.2. The third-order valence-corrected chi connectivity index (χ3v) is 6.38.